The second-order valence-electron chi connectivity index (χ2n) is 5.53. The predicted octanol–water partition coefficient (Wildman–Crippen LogP) is 2.43. The number of hydrogen-bond donors (Lipinski definition) is 0. The van der Waals surface area contributed by atoms with Crippen LogP contribution in [0.15, 0.2) is 18.2 Å². The number of halogens is 2. The van der Waals surface area contributed by atoms with Crippen LogP contribution in [0, 0.1) is 5.82 Å². The van der Waals surface area contributed by atoms with E-state index < -0.39 is 31.0 Å². The zero-order valence-electron chi connectivity index (χ0n) is 11.5. The third-order valence-corrected chi connectivity index (χ3v) is 3.70. The van der Waals surface area contributed by atoms with Crippen molar-refractivity contribution < 1.29 is 22.8 Å². The second kappa shape index (κ2) is 4.76. The fraction of sp³-hybridized carbons (Fsp3) is 0.538. The van der Waals surface area contributed by atoms with Crippen molar-refractivity contribution >= 4 is 12.6 Å². The Balaban J connectivity index is 2.25. The highest BCUT2D eigenvalue weighted by Crippen LogP contribution is 2.36. The number of benzene rings is 1. The van der Waals surface area contributed by atoms with Crippen molar-refractivity contribution in [3.8, 4) is 5.75 Å². The molecule has 19 heavy (non-hydrogen) atoms. The van der Waals surface area contributed by atoms with E-state index in [-0.39, 0.29) is 11.2 Å². The summed E-state index contributed by atoms with van der Waals surface area (Å²) in [4.78, 5) is 0. The summed E-state index contributed by atoms with van der Waals surface area (Å²) >= 11 is 0. The third kappa shape index (κ3) is 2.60. The van der Waals surface area contributed by atoms with E-state index in [0.717, 1.165) is 6.07 Å². The van der Waals surface area contributed by atoms with Gasteiger partial charge in [-0.25, -0.2) is 8.78 Å². The fourth-order valence-corrected chi connectivity index (χ4v) is 1.82. The normalized spacial score (nSPS) is 20.6. The lowest BCUT2D eigenvalue weighted by Gasteiger charge is -2.32. The smallest absolute Gasteiger partial charge is 0.463 e. The van der Waals surface area contributed by atoms with Gasteiger partial charge in [0.25, 0.3) is 0 Å². The molecule has 3 nitrogen and oxygen atoms in total. The molecular weight excluding hydrogens is 253 g/mol. The largest absolute Gasteiger partial charge is 0.497 e. The first kappa shape index (κ1) is 14.3. The van der Waals surface area contributed by atoms with Crippen molar-refractivity contribution in [1.82, 2.24) is 0 Å². The lowest BCUT2D eigenvalue weighted by atomic mass is 9.78. The van der Waals surface area contributed by atoms with Gasteiger partial charge in [-0.05, 0) is 33.8 Å². The zero-order chi connectivity index (χ0) is 14.3. The minimum absolute atomic E-state index is 0.139. The molecule has 6 heteroatoms. The van der Waals surface area contributed by atoms with Gasteiger partial charge in [0.15, 0.2) is 0 Å². The summed E-state index contributed by atoms with van der Waals surface area (Å²) < 4.78 is 42.1. The lowest BCUT2D eigenvalue weighted by molar-refractivity contribution is 0.00578. The highest BCUT2D eigenvalue weighted by atomic mass is 19.1. The van der Waals surface area contributed by atoms with E-state index >= 15 is 0 Å². The predicted molar refractivity (Wildman–Crippen MR) is 68.7 cm³/mol. The first-order valence-electron chi connectivity index (χ1n) is 6.11. The van der Waals surface area contributed by atoms with E-state index in [9.17, 15) is 8.78 Å². The highest BCUT2D eigenvalue weighted by Gasteiger charge is 2.52. The Bertz CT molecular complexity index is 461. The molecule has 0 unspecified atom stereocenters. The summed E-state index contributed by atoms with van der Waals surface area (Å²) in [6.45, 7) is 6.59. The summed E-state index contributed by atoms with van der Waals surface area (Å²) in [5.74, 6) is -0.398. The molecule has 0 amide bonds. The summed E-state index contributed by atoms with van der Waals surface area (Å²) in [7, 11) is -0.774. The zero-order valence-corrected chi connectivity index (χ0v) is 11.5. The Hall–Kier alpha value is -1.14. The van der Waals surface area contributed by atoms with E-state index in [2.05, 4.69) is 4.74 Å². The van der Waals surface area contributed by atoms with E-state index in [1.807, 2.05) is 27.7 Å². The molecule has 0 saturated carbocycles. The van der Waals surface area contributed by atoms with Gasteiger partial charge in [-0.2, -0.15) is 0 Å². The molecule has 1 saturated heterocycles. The average Bonchev–Trinajstić information content (AvgIpc) is 2.48. The monoisotopic (exact) mass is 270 g/mol. The highest BCUT2D eigenvalue weighted by molar-refractivity contribution is 6.62. The Morgan fingerprint density at radius 1 is 1.16 bits per heavy atom. The first-order chi connectivity index (χ1) is 8.77. The molecule has 2 rings (SSSR count). The van der Waals surface area contributed by atoms with Gasteiger partial charge >= 0.3 is 7.12 Å². The van der Waals surface area contributed by atoms with Crippen molar-refractivity contribution in [3.05, 3.63) is 24.0 Å². The third-order valence-electron chi connectivity index (χ3n) is 3.70. The number of hydrogen-bond acceptors (Lipinski definition) is 3. The van der Waals surface area contributed by atoms with Crippen LogP contribution in [0.5, 0.6) is 5.75 Å². The molecule has 0 radical (unpaired) electrons. The van der Waals surface area contributed by atoms with Crippen LogP contribution in [0.1, 0.15) is 27.7 Å². The molecule has 0 atom stereocenters. The topological polar surface area (TPSA) is 27.7 Å². The van der Waals surface area contributed by atoms with Crippen LogP contribution in [0.25, 0.3) is 0 Å². The molecule has 1 aromatic carbocycles. The SMILES string of the molecule is CC1(C)OB(c2ccc(OCF)cc2F)OC1(C)C. The number of alkyl halides is 1. The Morgan fingerprint density at radius 2 is 1.74 bits per heavy atom. The Kier molecular flexibility index (Phi) is 3.58. The van der Waals surface area contributed by atoms with Crippen molar-refractivity contribution in [1.29, 1.82) is 0 Å². The van der Waals surface area contributed by atoms with Crippen LogP contribution in [0.4, 0.5) is 8.78 Å². The van der Waals surface area contributed by atoms with E-state index in [0.29, 0.717) is 0 Å². The molecular formula is C13H17BF2O3. The average molecular weight is 270 g/mol. The molecule has 1 fully saturated rings. The Labute approximate surface area is 112 Å². The van der Waals surface area contributed by atoms with Crippen LogP contribution >= 0.6 is 0 Å². The first-order valence-corrected chi connectivity index (χ1v) is 6.11. The molecule has 0 aromatic heterocycles. The number of rotatable bonds is 3. The molecule has 0 bridgehead atoms. The minimum atomic E-state index is -0.991. The molecule has 1 aliphatic heterocycles. The quantitative estimate of drug-likeness (QED) is 0.789. The van der Waals surface area contributed by atoms with Gasteiger partial charge < -0.3 is 14.0 Å². The van der Waals surface area contributed by atoms with Gasteiger partial charge in [-0.15, -0.1) is 0 Å². The Morgan fingerprint density at radius 3 is 2.21 bits per heavy atom. The van der Waals surface area contributed by atoms with Crippen LogP contribution in [-0.4, -0.2) is 25.2 Å². The lowest BCUT2D eigenvalue weighted by Crippen LogP contribution is -2.41. The van der Waals surface area contributed by atoms with E-state index in [4.69, 9.17) is 9.31 Å². The summed E-state index contributed by atoms with van der Waals surface area (Å²) in [6.07, 6.45) is 0. The van der Waals surface area contributed by atoms with Crippen LogP contribution in [0.3, 0.4) is 0 Å². The van der Waals surface area contributed by atoms with Gasteiger partial charge in [0, 0.05) is 11.5 Å². The van der Waals surface area contributed by atoms with E-state index in [1.54, 1.807) is 0 Å². The van der Waals surface area contributed by atoms with Crippen molar-refractivity contribution in [2.24, 2.45) is 0 Å². The summed E-state index contributed by atoms with van der Waals surface area (Å²) in [5, 5.41) is 0. The second-order valence-corrected chi connectivity index (χ2v) is 5.53. The van der Waals surface area contributed by atoms with Gasteiger partial charge in [0.2, 0.25) is 6.86 Å². The maximum Gasteiger partial charge on any atom is 0.497 e. The molecule has 0 N–H and O–H groups in total. The summed E-state index contributed by atoms with van der Waals surface area (Å²) in [6, 6.07) is 4.10. The maximum atomic E-state index is 14.0. The van der Waals surface area contributed by atoms with Gasteiger partial charge in [-0.3, -0.25) is 0 Å². The van der Waals surface area contributed by atoms with E-state index in [1.165, 1.54) is 12.1 Å². The molecule has 1 aliphatic rings. The number of ether oxygens (including phenoxy) is 1. The van der Waals surface area contributed by atoms with Crippen molar-refractivity contribution in [2.75, 3.05) is 6.86 Å². The molecule has 1 heterocycles. The van der Waals surface area contributed by atoms with Gasteiger partial charge in [0.05, 0.1) is 11.2 Å². The molecule has 1 aromatic rings. The van der Waals surface area contributed by atoms with Crippen LogP contribution in [0.2, 0.25) is 0 Å². The minimum Gasteiger partial charge on any atom is -0.463 e. The van der Waals surface area contributed by atoms with Crippen molar-refractivity contribution in [2.45, 2.75) is 38.9 Å². The van der Waals surface area contributed by atoms with Crippen LogP contribution < -0.4 is 10.2 Å². The van der Waals surface area contributed by atoms with Crippen LogP contribution in [-0.2, 0) is 9.31 Å². The molecule has 0 spiro atoms. The summed E-state index contributed by atoms with van der Waals surface area (Å²) in [5.41, 5.74) is -0.777. The van der Waals surface area contributed by atoms with Gasteiger partial charge in [-0.1, -0.05) is 6.07 Å². The van der Waals surface area contributed by atoms with Crippen molar-refractivity contribution in [3.63, 3.8) is 0 Å². The standard InChI is InChI=1S/C13H17BF2O3/c1-12(2)13(3,4)19-14(18-12)10-6-5-9(17-8-15)7-11(10)16/h5-7H,8H2,1-4H3. The van der Waals surface area contributed by atoms with Gasteiger partial charge in [0.1, 0.15) is 11.6 Å². The maximum absolute atomic E-state index is 14.0. The molecule has 0 aliphatic carbocycles. The fourth-order valence-electron chi connectivity index (χ4n) is 1.82. The molecule has 104 valence electrons.